The van der Waals surface area contributed by atoms with Crippen LogP contribution >= 0.6 is 0 Å². The second-order valence-corrected chi connectivity index (χ2v) is 6.16. The van der Waals surface area contributed by atoms with E-state index in [1.807, 2.05) is 12.1 Å². The van der Waals surface area contributed by atoms with Crippen molar-refractivity contribution >= 4 is 12.4 Å². The van der Waals surface area contributed by atoms with Crippen molar-refractivity contribution in [2.24, 2.45) is 0 Å². The van der Waals surface area contributed by atoms with Crippen molar-refractivity contribution in [3.05, 3.63) is 59.7 Å². The molecule has 0 saturated carbocycles. The second kappa shape index (κ2) is 8.75. The van der Waals surface area contributed by atoms with Gasteiger partial charge in [-0.15, -0.1) is 0 Å². The first-order valence-electron chi connectivity index (χ1n) is 8.09. The van der Waals surface area contributed by atoms with Gasteiger partial charge in [0.05, 0.1) is 0 Å². The molecule has 0 aliphatic carbocycles. The fourth-order valence-corrected chi connectivity index (χ4v) is 2.19. The van der Waals surface area contributed by atoms with Crippen molar-refractivity contribution in [1.29, 1.82) is 0 Å². The Bertz CT molecular complexity index is 581. The molecule has 0 fully saturated rings. The van der Waals surface area contributed by atoms with Gasteiger partial charge in [-0.05, 0) is 44.2 Å². The Balaban J connectivity index is 1.82. The maximum absolute atomic E-state index is 5.85. The van der Waals surface area contributed by atoms with Gasteiger partial charge in [0.1, 0.15) is 12.4 Å². The maximum atomic E-state index is 5.85. The number of likely N-dealkylation sites (N-methyl/N-ethyl adjacent to an activating group) is 1. The third kappa shape index (κ3) is 6.09. The van der Waals surface area contributed by atoms with Gasteiger partial charge in [-0.1, -0.05) is 48.8 Å². The molecule has 0 amide bonds. The highest BCUT2D eigenvalue weighted by molar-refractivity contribution is 6.66. The molecule has 0 bridgehead atoms. The monoisotopic (exact) mass is 311 g/mol. The summed E-state index contributed by atoms with van der Waals surface area (Å²) < 4.78 is 11.6. The van der Waals surface area contributed by atoms with Crippen molar-refractivity contribution in [2.75, 3.05) is 27.2 Å². The van der Waals surface area contributed by atoms with E-state index in [0.717, 1.165) is 24.5 Å². The summed E-state index contributed by atoms with van der Waals surface area (Å²) in [4.78, 5) is 2.12. The molecule has 0 aliphatic rings. The zero-order valence-electron chi connectivity index (χ0n) is 14.6. The van der Waals surface area contributed by atoms with Gasteiger partial charge in [0.15, 0.2) is 0 Å². The molecular formula is C19H26BNO2. The van der Waals surface area contributed by atoms with E-state index < -0.39 is 0 Å². The third-order valence-corrected chi connectivity index (χ3v) is 3.78. The summed E-state index contributed by atoms with van der Waals surface area (Å²) in [5, 5.41) is 0. The van der Waals surface area contributed by atoms with Gasteiger partial charge in [-0.3, -0.25) is 0 Å². The average Bonchev–Trinajstić information content (AvgIpc) is 2.54. The van der Waals surface area contributed by atoms with Crippen LogP contribution in [0, 0.1) is 6.92 Å². The summed E-state index contributed by atoms with van der Waals surface area (Å²) in [5.74, 6) is 0.903. The van der Waals surface area contributed by atoms with E-state index in [1.165, 1.54) is 11.0 Å². The van der Waals surface area contributed by atoms with Crippen LogP contribution in [0.5, 0.6) is 5.75 Å². The van der Waals surface area contributed by atoms with Crippen LogP contribution in [-0.4, -0.2) is 39.1 Å². The maximum Gasteiger partial charge on any atom is 0.323 e. The molecule has 2 aromatic carbocycles. The number of rotatable bonds is 8. The summed E-state index contributed by atoms with van der Waals surface area (Å²) in [7, 11) is 4.10. The van der Waals surface area contributed by atoms with Crippen LogP contribution in [-0.2, 0) is 11.3 Å². The summed E-state index contributed by atoms with van der Waals surface area (Å²) in [5.41, 5.74) is 3.60. The molecule has 0 saturated heterocycles. The first-order valence-corrected chi connectivity index (χ1v) is 8.09. The summed E-state index contributed by atoms with van der Waals surface area (Å²) in [6.07, 6.45) is 0. The zero-order valence-corrected chi connectivity index (χ0v) is 14.6. The lowest BCUT2D eigenvalue weighted by molar-refractivity contribution is 0.267. The molecule has 2 aromatic rings. The highest BCUT2D eigenvalue weighted by atomic mass is 16.5. The van der Waals surface area contributed by atoms with Crippen molar-refractivity contribution in [2.45, 2.75) is 20.4 Å². The van der Waals surface area contributed by atoms with Crippen molar-refractivity contribution in [3.8, 4) is 5.75 Å². The predicted molar refractivity (Wildman–Crippen MR) is 97.7 cm³/mol. The topological polar surface area (TPSA) is 21.7 Å². The molecule has 0 heterocycles. The van der Waals surface area contributed by atoms with Gasteiger partial charge in [0.2, 0.25) is 0 Å². The Labute approximate surface area is 140 Å². The molecule has 0 N–H and O–H groups in total. The van der Waals surface area contributed by atoms with E-state index >= 15 is 0 Å². The molecule has 0 radical (unpaired) electrons. The van der Waals surface area contributed by atoms with Crippen molar-refractivity contribution in [1.82, 2.24) is 4.90 Å². The van der Waals surface area contributed by atoms with Crippen LogP contribution in [0.25, 0.3) is 0 Å². The van der Waals surface area contributed by atoms with E-state index in [-0.39, 0.29) is 6.92 Å². The Morgan fingerprint density at radius 1 is 0.957 bits per heavy atom. The molecule has 2 rings (SSSR count). The molecule has 3 nitrogen and oxygen atoms in total. The van der Waals surface area contributed by atoms with Gasteiger partial charge in [0.25, 0.3) is 0 Å². The molecule has 122 valence electrons. The minimum absolute atomic E-state index is 0.113. The molecular weight excluding hydrogens is 285 g/mol. The SMILES string of the molecule is CB(OCCN(C)C)c1ccc(COc2ccc(C)cc2)cc1. The number of benzene rings is 2. The van der Waals surface area contributed by atoms with Gasteiger partial charge >= 0.3 is 6.92 Å². The second-order valence-electron chi connectivity index (χ2n) is 6.16. The third-order valence-electron chi connectivity index (χ3n) is 3.78. The first-order chi connectivity index (χ1) is 11.0. The lowest BCUT2D eigenvalue weighted by Gasteiger charge is -2.14. The van der Waals surface area contributed by atoms with E-state index in [4.69, 9.17) is 9.39 Å². The summed E-state index contributed by atoms with van der Waals surface area (Å²) >= 11 is 0. The van der Waals surface area contributed by atoms with Crippen molar-refractivity contribution < 1.29 is 9.39 Å². The normalized spacial score (nSPS) is 10.8. The minimum Gasteiger partial charge on any atom is -0.489 e. The van der Waals surface area contributed by atoms with Crippen LogP contribution in [0.4, 0.5) is 0 Å². The molecule has 0 atom stereocenters. The quantitative estimate of drug-likeness (QED) is 0.700. The van der Waals surface area contributed by atoms with E-state index in [9.17, 15) is 0 Å². The molecule has 23 heavy (non-hydrogen) atoms. The fraction of sp³-hybridized carbons (Fsp3) is 0.368. The number of nitrogens with zero attached hydrogens (tertiary/aromatic N) is 1. The van der Waals surface area contributed by atoms with Crippen LogP contribution < -0.4 is 10.2 Å². The van der Waals surface area contributed by atoms with Crippen molar-refractivity contribution in [3.63, 3.8) is 0 Å². The number of hydrogen-bond acceptors (Lipinski definition) is 3. The number of hydrogen-bond donors (Lipinski definition) is 0. The molecule has 0 aliphatic heterocycles. The Morgan fingerprint density at radius 2 is 1.61 bits per heavy atom. The van der Waals surface area contributed by atoms with E-state index in [1.54, 1.807) is 0 Å². The van der Waals surface area contributed by atoms with Crippen LogP contribution in [0.2, 0.25) is 6.82 Å². The highest BCUT2D eigenvalue weighted by Crippen LogP contribution is 2.13. The largest absolute Gasteiger partial charge is 0.489 e. The Hall–Kier alpha value is -1.78. The fourth-order valence-electron chi connectivity index (χ4n) is 2.19. The van der Waals surface area contributed by atoms with Crippen LogP contribution in [0.15, 0.2) is 48.5 Å². The van der Waals surface area contributed by atoms with Crippen LogP contribution in [0.1, 0.15) is 11.1 Å². The van der Waals surface area contributed by atoms with E-state index in [0.29, 0.717) is 6.61 Å². The average molecular weight is 311 g/mol. The zero-order chi connectivity index (χ0) is 16.7. The molecule has 0 spiro atoms. The molecule has 0 unspecified atom stereocenters. The molecule has 4 heteroatoms. The Kier molecular flexibility index (Phi) is 6.69. The predicted octanol–water partition coefficient (Wildman–Crippen LogP) is 2.98. The lowest BCUT2D eigenvalue weighted by atomic mass is 9.63. The highest BCUT2D eigenvalue weighted by Gasteiger charge is 2.11. The Morgan fingerprint density at radius 3 is 2.22 bits per heavy atom. The van der Waals surface area contributed by atoms with Gasteiger partial charge in [-0.25, -0.2) is 0 Å². The van der Waals surface area contributed by atoms with E-state index in [2.05, 4.69) is 69.1 Å². The smallest absolute Gasteiger partial charge is 0.323 e. The lowest BCUT2D eigenvalue weighted by Crippen LogP contribution is -2.32. The van der Waals surface area contributed by atoms with Gasteiger partial charge in [0, 0.05) is 13.2 Å². The van der Waals surface area contributed by atoms with Gasteiger partial charge < -0.3 is 14.3 Å². The molecule has 0 aromatic heterocycles. The standard InChI is InChI=1S/C19H26BNO2/c1-16-5-11-19(12-6-16)22-15-17-7-9-18(10-8-17)20(2)23-14-13-21(3)4/h5-12H,13-15H2,1-4H3. The number of ether oxygens (including phenoxy) is 1. The van der Waals surface area contributed by atoms with Crippen LogP contribution in [0.3, 0.4) is 0 Å². The first kappa shape index (κ1) is 17.6. The minimum atomic E-state index is 0.113. The van der Waals surface area contributed by atoms with Gasteiger partial charge in [-0.2, -0.15) is 0 Å². The summed E-state index contributed by atoms with van der Waals surface area (Å²) in [6.45, 7) is 6.54. The summed E-state index contributed by atoms with van der Waals surface area (Å²) in [6, 6.07) is 16.6. The number of aryl methyl sites for hydroxylation is 1.